The number of alkyl halides is 3. The van der Waals surface area contributed by atoms with Crippen LogP contribution >= 0.6 is 0 Å². The Kier molecular flexibility index (Phi) is 6.36. The molecule has 4 rings (SSSR count). The van der Waals surface area contributed by atoms with Crippen LogP contribution in [0.2, 0.25) is 0 Å². The van der Waals surface area contributed by atoms with Crippen LogP contribution in [0.5, 0.6) is 0 Å². The Morgan fingerprint density at radius 1 is 1.03 bits per heavy atom. The minimum absolute atomic E-state index is 0.260. The zero-order chi connectivity index (χ0) is 21.7. The quantitative estimate of drug-likeness (QED) is 0.540. The molecule has 0 spiro atoms. The summed E-state index contributed by atoms with van der Waals surface area (Å²) in [6.07, 6.45) is 2.09. The third-order valence-electron chi connectivity index (χ3n) is 5.23. The zero-order valence-electron chi connectivity index (χ0n) is 16.9. The van der Waals surface area contributed by atoms with Crippen LogP contribution in [0, 0.1) is 0 Å². The molecule has 1 N–H and O–H groups in total. The van der Waals surface area contributed by atoms with Gasteiger partial charge in [0.05, 0.1) is 25.0 Å². The maximum Gasteiger partial charge on any atom is 0.417 e. The van der Waals surface area contributed by atoms with Crippen LogP contribution in [0.15, 0.2) is 70.6 Å². The maximum absolute atomic E-state index is 12.7. The van der Waals surface area contributed by atoms with E-state index >= 15 is 0 Å². The van der Waals surface area contributed by atoms with Gasteiger partial charge in [-0.1, -0.05) is 30.3 Å². The first kappa shape index (κ1) is 21.1. The second-order valence-electron chi connectivity index (χ2n) is 7.35. The van der Waals surface area contributed by atoms with E-state index in [4.69, 9.17) is 4.74 Å². The lowest BCUT2D eigenvalue weighted by molar-refractivity contribution is -0.137. The average molecular weight is 428 g/mol. The van der Waals surface area contributed by atoms with Gasteiger partial charge in [0.1, 0.15) is 5.82 Å². The van der Waals surface area contributed by atoms with Gasteiger partial charge >= 0.3 is 6.18 Å². The molecule has 0 atom stereocenters. The molecule has 162 valence electrons. The number of ether oxygens (including phenoxy) is 1. The van der Waals surface area contributed by atoms with Gasteiger partial charge in [-0.05, 0) is 47.8 Å². The van der Waals surface area contributed by atoms with Crippen LogP contribution in [0.25, 0.3) is 6.08 Å². The van der Waals surface area contributed by atoms with Crippen LogP contribution in [-0.4, -0.2) is 42.4 Å². The predicted octanol–water partition coefficient (Wildman–Crippen LogP) is 4.96. The molecule has 0 bridgehead atoms. The molecular weight excluding hydrogens is 405 g/mol. The van der Waals surface area contributed by atoms with Crippen molar-refractivity contribution in [2.45, 2.75) is 19.0 Å². The summed E-state index contributed by atoms with van der Waals surface area (Å²) >= 11 is 0. The molecule has 1 aliphatic carbocycles. The van der Waals surface area contributed by atoms with Crippen molar-refractivity contribution in [1.82, 2.24) is 9.88 Å². The van der Waals surface area contributed by atoms with E-state index < -0.39 is 11.7 Å². The summed E-state index contributed by atoms with van der Waals surface area (Å²) in [6.45, 7) is 2.99. The van der Waals surface area contributed by atoms with Crippen LogP contribution < -0.4 is 5.43 Å². The number of hydrazone groups is 1. The third kappa shape index (κ3) is 5.32. The summed E-state index contributed by atoms with van der Waals surface area (Å²) in [5.74, 6) is 0.260. The molecule has 2 aromatic rings. The van der Waals surface area contributed by atoms with E-state index in [2.05, 4.69) is 38.6 Å². The molecule has 1 saturated heterocycles. The Morgan fingerprint density at radius 2 is 1.81 bits per heavy atom. The maximum atomic E-state index is 12.7. The zero-order valence-corrected chi connectivity index (χ0v) is 16.9. The first-order valence-electron chi connectivity index (χ1n) is 10.1. The Morgan fingerprint density at radius 3 is 2.48 bits per heavy atom. The highest BCUT2D eigenvalue weighted by Crippen LogP contribution is 2.35. The molecule has 5 nitrogen and oxygen atoms in total. The summed E-state index contributed by atoms with van der Waals surface area (Å²) in [5.41, 5.74) is 6.60. The molecule has 1 fully saturated rings. The molecule has 1 aromatic heterocycles. The number of nitrogens with one attached hydrogen (secondary N) is 1. The molecular formula is C23H23F3N4O. The number of hydrogen-bond donors (Lipinski definition) is 1. The molecule has 0 unspecified atom stereocenters. The van der Waals surface area contributed by atoms with Crippen molar-refractivity contribution in [3.63, 3.8) is 0 Å². The molecule has 1 aromatic carbocycles. The van der Waals surface area contributed by atoms with Gasteiger partial charge in [0, 0.05) is 25.0 Å². The minimum atomic E-state index is -4.40. The van der Waals surface area contributed by atoms with E-state index in [0.29, 0.717) is 13.2 Å². The van der Waals surface area contributed by atoms with Crippen LogP contribution in [0.4, 0.5) is 19.0 Å². The van der Waals surface area contributed by atoms with E-state index in [9.17, 15) is 13.2 Å². The number of allylic oxidation sites excluding steroid dienone is 2. The second-order valence-corrected chi connectivity index (χ2v) is 7.35. The van der Waals surface area contributed by atoms with Gasteiger partial charge in [-0.2, -0.15) is 18.3 Å². The number of nitrogens with zero attached hydrogens (tertiary/aromatic N) is 3. The first-order valence-corrected chi connectivity index (χ1v) is 10.1. The third-order valence-corrected chi connectivity index (χ3v) is 5.23. The number of hydrogen-bond acceptors (Lipinski definition) is 5. The van der Waals surface area contributed by atoms with Crippen molar-refractivity contribution in [2.75, 3.05) is 31.7 Å². The van der Waals surface area contributed by atoms with E-state index in [1.54, 1.807) is 6.21 Å². The van der Waals surface area contributed by atoms with Gasteiger partial charge in [0.15, 0.2) is 0 Å². The van der Waals surface area contributed by atoms with Crippen molar-refractivity contribution in [1.29, 1.82) is 0 Å². The molecule has 8 heteroatoms. The summed E-state index contributed by atoms with van der Waals surface area (Å²) in [6, 6.07) is 12.4. The van der Waals surface area contributed by atoms with Crippen LogP contribution in [-0.2, 0) is 10.9 Å². The first-order chi connectivity index (χ1) is 15.0. The number of rotatable bonds is 5. The summed E-state index contributed by atoms with van der Waals surface area (Å²) in [5, 5.41) is 4.24. The van der Waals surface area contributed by atoms with Crippen molar-refractivity contribution in [2.24, 2.45) is 5.10 Å². The number of pyridine rings is 1. The van der Waals surface area contributed by atoms with E-state index in [0.717, 1.165) is 55.0 Å². The van der Waals surface area contributed by atoms with E-state index in [1.165, 1.54) is 11.6 Å². The van der Waals surface area contributed by atoms with Gasteiger partial charge < -0.3 is 9.64 Å². The molecule has 0 radical (unpaired) electrons. The standard InChI is InChI=1S/C23H23F3N4O/c24-23(25,26)20-8-9-21(27-16-20)29-28-15-19-7-6-18(14-17-4-2-1-3-5-17)22(19)30-10-12-31-13-11-30/h1-5,8-9,14-16H,6-7,10-13H2,(H,27,29)/b18-14+,28-15+. The topological polar surface area (TPSA) is 49.8 Å². The SMILES string of the molecule is FC(F)(F)c1ccc(N/N=C/C2=C(N3CCOCC3)C(=C/c3ccccc3)/CC2)nc1. The van der Waals surface area contributed by atoms with Crippen molar-refractivity contribution in [3.8, 4) is 0 Å². The van der Waals surface area contributed by atoms with Gasteiger partial charge in [0.2, 0.25) is 0 Å². The monoisotopic (exact) mass is 428 g/mol. The average Bonchev–Trinajstić information content (AvgIpc) is 3.17. The van der Waals surface area contributed by atoms with Crippen LogP contribution in [0.3, 0.4) is 0 Å². The molecule has 31 heavy (non-hydrogen) atoms. The van der Waals surface area contributed by atoms with Crippen molar-refractivity contribution in [3.05, 3.63) is 76.6 Å². The lowest BCUT2D eigenvalue weighted by Gasteiger charge is -2.31. The Balaban J connectivity index is 1.54. The summed E-state index contributed by atoms with van der Waals surface area (Å²) in [7, 11) is 0. The highest BCUT2D eigenvalue weighted by molar-refractivity contribution is 5.84. The number of anilines is 1. The van der Waals surface area contributed by atoms with Crippen molar-refractivity contribution < 1.29 is 17.9 Å². The fraction of sp³-hybridized carbons (Fsp3) is 0.304. The van der Waals surface area contributed by atoms with Gasteiger partial charge in [-0.15, -0.1) is 0 Å². The van der Waals surface area contributed by atoms with E-state index in [1.807, 2.05) is 18.2 Å². The molecule has 2 heterocycles. The molecule has 1 aliphatic heterocycles. The smallest absolute Gasteiger partial charge is 0.378 e. The molecule has 0 amide bonds. The number of morpholine rings is 1. The normalized spacial score (nSPS) is 18.9. The summed E-state index contributed by atoms with van der Waals surface area (Å²) < 4.78 is 43.5. The number of benzene rings is 1. The Labute approximate surface area is 178 Å². The van der Waals surface area contributed by atoms with E-state index in [-0.39, 0.29) is 5.82 Å². The minimum Gasteiger partial charge on any atom is -0.378 e. The van der Waals surface area contributed by atoms with Gasteiger partial charge in [-0.3, -0.25) is 5.43 Å². The fourth-order valence-corrected chi connectivity index (χ4v) is 3.73. The van der Waals surface area contributed by atoms with Crippen molar-refractivity contribution >= 4 is 18.1 Å². The largest absolute Gasteiger partial charge is 0.417 e. The number of halogens is 3. The fourth-order valence-electron chi connectivity index (χ4n) is 3.73. The Bertz CT molecular complexity index is 976. The van der Waals surface area contributed by atoms with Crippen LogP contribution in [0.1, 0.15) is 24.0 Å². The van der Waals surface area contributed by atoms with Gasteiger partial charge in [-0.25, -0.2) is 4.98 Å². The van der Waals surface area contributed by atoms with Gasteiger partial charge in [0.25, 0.3) is 0 Å². The molecule has 2 aliphatic rings. The molecule has 0 saturated carbocycles. The lowest BCUT2D eigenvalue weighted by atomic mass is 10.1. The highest BCUT2D eigenvalue weighted by atomic mass is 19.4. The number of aromatic nitrogens is 1. The predicted molar refractivity (Wildman–Crippen MR) is 114 cm³/mol. The summed E-state index contributed by atoms with van der Waals surface area (Å²) in [4.78, 5) is 6.11. The highest BCUT2D eigenvalue weighted by Gasteiger charge is 2.30. The second kappa shape index (κ2) is 9.34. The lowest BCUT2D eigenvalue weighted by Crippen LogP contribution is -2.36. The Hall–Kier alpha value is -3.13.